The Morgan fingerprint density at radius 3 is 2.28 bits per heavy atom. The number of carbonyl (C=O) groups excluding carboxylic acids is 1. The Kier molecular flexibility index (Phi) is 6.41. The average Bonchev–Trinajstić information content (AvgIpc) is 2.77. The summed E-state index contributed by atoms with van der Waals surface area (Å²) in [4.78, 5) is 24.8. The summed E-state index contributed by atoms with van der Waals surface area (Å²) in [7, 11) is 4.53. The lowest BCUT2D eigenvalue weighted by atomic mass is 10.2. The number of nitrogens with one attached hydrogen (secondary N) is 2. The summed E-state index contributed by atoms with van der Waals surface area (Å²) in [6.07, 6.45) is 4.76. The number of hydrogen-bond acceptors (Lipinski definition) is 8. The van der Waals surface area contributed by atoms with Gasteiger partial charge in [0.2, 0.25) is 5.75 Å². The molecule has 2 aromatic heterocycles. The molecule has 0 fully saturated rings. The largest absolute Gasteiger partial charge is 0.493 e. The van der Waals surface area contributed by atoms with Crippen LogP contribution in [0.3, 0.4) is 0 Å². The van der Waals surface area contributed by atoms with Gasteiger partial charge in [0.05, 0.1) is 21.3 Å². The van der Waals surface area contributed by atoms with Crippen molar-refractivity contribution < 1.29 is 19.0 Å². The predicted molar refractivity (Wildman–Crippen MR) is 108 cm³/mol. The Hall–Kier alpha value is -3.88. The normalized spacial score (nSPS) is 10.2. The maximum atomic E-state index is 12.6. The Morgan fingerprint density at radius 1 is 0.966 bits per heavy atom. The Balaban J connectivity index is 1.74. The van der Waals surface area contributed by atoms with Crippen LogP contribution in [-0.2, 0) is 6.54 Å². The van der Waals surface area contributed by atoms with Crippen molar-refractivity contribution >= 4 is 17.4 Å². The SMILES string of the molecule is COc1cc(NC(=O)c2cc(NCc3ccncc3)ncn2)cc(OC)c1OC. The highest BCUT2D eigenvalue weighted by molar-refractivity contribution is 6.03. The van der Waals surface area contributed by atoms with Gasteiger partial charge in [0.25, 0.3) is 5.91 Å². The number of carbonyl (C=O) groups is 1. The second-order valence-corrected chi connectivity index (χ2v) is 5.87. The number of nitrogens with zero attached hydrogens (tertiary/aromatic N) is 3. The van der Waals surface area contributed by atoms with E-state index in [-0.39, 0.29) is 5.69 Å². The van der Waals surface area contributed by atoms with Crippen LogP contribution in [0, 0.1) is 0 Å². The minimum absolute atomic E-state index is 0.214. The Labute approximate surface area is 168 Å². The smallest absolute Gasteiger partial charge is 0.274 e. The van der Waals surface area contributed by atoms with Crippen LogP contribution in [0.5, 0.6) is 17.2 Å². The third-order valence-corrected chi connectivity index (χ3v) is 4.05. The number of anilines is 2. The van der Waals surface area contributed by atoms with Crippen LogP contribution in [0.1, 0.15) is 16.1 Å². The second-order valence-electron chi connectivity index (χ2n) is 5.87. The summed E-state index contributed by atoms with van der Waals surface area (Å²) in [5.41, 5.74) is 1.74. The predicted octanol–water partition coefficient (Wildman–Crippen LogP) is 2.76. The summed E-state index contributed by atoms with van der Waals surface area (Å²) in [5.74, 6) is 1.45. The lowest BCUT2D eigenvalue weighted by Crippen LogP contribution is -2.15. The molecule has 1 aromatic carbocycles. The molecule has 3 aromatic rings. The van der Waals surface area contributed by atoms with E-state index in [1.807, 2.05) is 12.1 Å². The molecular formula is C20H21N5O4. The maximum absolute atomic E-state index is 12.6. The van der Waals surface area contributed by atoms with Crippen molar-refractivity contribution in [1.29, 1.82) is 0 Å². The summed E-state index contributed by atoms with van der Waals surface area (Å²) in [6, 6.07) is 8.65. The van der Waals surface area contributed by atoms with Crippen LogP contribution in [-0.4, -0.2) is 42.2 Å². The molecule has 0 saturated heterocycles. The first-order valence-electron chi connectivity index (χ1n) is 8.70. The molecule has 0 bridgehead atoms. The van der Waals surface area contributed by atoms with Crippen molar-refractivity contribution in [3.8, 4) is 17.2 Å². The fourth-order valence-corrected chi connectivity index (χ4v) is 2.62. The summed E-state index contributed by atoms with van der Waals surface area (Å²) < 4.78 is 15.9. The summed E-state index contributed by atoms with van der Waals surface area (Å²) >= 11 is 0. The highest BCUT2D eigenvalue weighted by Crippen LogP contribution is 2.40. The van der Waals surface area contributed by atoms with Gasteiger partial charge < -0.3 is 24.8 Å². The molecule has 2 heterocycles. The van der Waals surface area contributed by atoms with E-state index in [2.05, 4.69) is 25.6 Å². The number of ether oxygens (including phenoxy) is 3. The lowest BCUT2D eigenvalue weighted by Gasteiger charge is -2.14. The topological polar surface area (TPSA) is 107 Å². The maximum Gasteiger partial charge on any atom is 0.274 e. The molecule has 0 aliphatic carbocycles. The number of benzene rings is 1. The first-order chi connectivity index (χ1) is 14.1. The zero-order valence-electron chi connectivity index (χ0n) is 16.3. The van der Waals surface area contributed by atoms with Gasteiger partial charge in [-0.1, -0.05) is 0 Å². The molecule has 0 aliphatic rings. The molecule has 2 N–H and O–H groups in total. The molecule has 0 unspecified atom stereocenters. The van der Waals surface area contributed by atoms with E-state index in [1.165, 1.54) is 27.7 Å². The highest BCUT2D eigenvalue weighted by atomic mass is 16.5. The lowest BCUT2D eigenvalue weighted by molar-refractivity contribution is 0.102. The van der Waals surface area contributed by atoms with Crippen molar-refractivity contribution in [3.05, 3.63) is 60.3 Å². The first kappa shape index (κ1) is 19.9. The monoisotopic (exact) mass is 395 g/mol. The molecule has 0 radical (unpaired) electrons. The molecule has 3 rings (SSSR count). The number of methoxy groups -OCH3 is 3. The highest BCUT2D eigenvalue weighted by Gasteiger charge is 2.16. The summed E-state index contributed by atoms with van der Waals surface area (Å²) in [6.45, 7) is 0.549. The molecular weight excluding hydrogens is 374 g/mol. The number of rotatable bonds is 8. The summed E-state index contributed by atoms with van der Waals surface area (Å²) in [5, 5.41) is 5.94. The van der Waals surface area contributed by atoms with Crippen LogP contribution in [0.15, 0.2) is 49.1 Å². The van der Waals surface area contributed by atoms with Gasteiger partial charge in [0, 0.05) is 42.8 Å². The molecule has 0 spiro atoms. The quantitative estimate of drug-likeness (QED) is 0.600. The van der Waals surface area contributed by atoms with Crippen molar-refractivity contribution in [1.82, 2.24) is 15.0 Å². The number of hydrogen-bond donors (Lipinski definition) is 2. The zero-order valence-corrected chi connectivity index (χ0v) is 16.3. The molecule has 0 aliphatic heterocycles. The minimum Gasteiger partial charge on any atom is -0.493 e. The van der Waals surface area contributed by atoms with Gasteiger partial charge in [0.15, 0.2) is 11.5 Å². The van der Waals surface area contributed by atoms with Crippen molar-refractivity contribution in [2.75, 3.05) is 32.0 Å². The van der Waals surface area contributed by atoms with Gasteiger partial charge in [-0.25, -0.2) is 9.97 Å². The van der Waals surface area contributed by atoms with Gasteiger partial charge in [-0.2, -0.15) is 0 Å². The van der Waals surface area contributed by atoms with Crippen molar-refractivity contribution in [3.63, 3.8) is 0 Å². The molecule has 0 saturated carbocycles. The van der Waals surface area contributed by atoms with E-state index in [4.69, 9.17) is 14.2 Å². The Bertz CT molecular complexity index is 957. The second kappa shape index (κ2) is 9.36. The fourth-order valence-electron chi connectivity index (χ4n) is 2.62. The molecule has 0 atom stereocenters. The Morgan fingerprint density at radius 2 is 1.66 bits per heavy atom. The van der Waals surface area contributed by atoms with Crippen molar-refractivity contribution in [2.24, 2.45) is 0 Å². The van der Waals surface area contributed by atoms with Crippen LogP contribution in [0.4, 0.5) is 11.5 Å². The third kappa shape index (κ3) is 4.89. The van der Waals surface area contributed by atoms with E-state index < -0.39 is 5.91 Å². The third-order valence-electron chi connectivity index (χ3n) is 4.05. The standard InChI is InChI=1S/C20H21N5O4/c1-27-16-8-14(9-17(28-2)19(16)29-3)25-20(26)15-10-18(24-12-23-15)22-11-13-4-6-21-7-5-13/h4-10,12H,11H2,1-3H3,(H,25,26)(H,22,23,24). The zero-order chi connectivity index (χ0) is 20.6. The van der Waals surface area contributed by atoms with Gasteiger partial charge in [-0.3, -0.25) is 9.78 Å². The van der Waals surface area contributed by atoms with Gasteiger partial charge >= 0.3 is 0 Å². The number of aromatic nitrogens is 3. The molecule has 150 valence electrons. The van der Waals surface area contributed by atoms with Crippen LogP contribution in [0.2, 0.25) is 0 Å². The van der Waals surface area contributed by atoms with E-state index in [0.29, 0.717) is 35.3 Å². The molecule has 29 heavy (non-hydrogen) atoms. The molecule has 9 nitrogen and oxygen atoms in total. The first-order valence-corrected chi connectivity index (χ1v) is 8.70. The minimum atomic E-state index is -0.395. The van der Waals surface area contributed by atoms with E-state index in [1.54, 1.807) is 30.6 Å². The molecule has 9 heteroatoms. The number of amides is 1. The van der Waals surface area contributed by atoms with Crippen LogP contribution < -0.4 is 24.8 Å². The average molecular weight is 395 g/mol. The van der Waals surface area contributed by atoms with Crippen LogP contribution >= 0.6 is 0 Å². The van der Waals surface area contributed by atoms with E-state index in [0.717, 1.165) is 5.56 Å². The number of pyridine rings is 1. The van der Waals surface area contributed by atoms with Gasteiger partial charge in [0.1, 0.15) is 17.8 Å². The van der Waals surface area contributed by atoms with Crippen molar-refractivity contribution in [2.45, 2.75) is 6.54 Å². The van der Waals surface area contributed by atoms with Crippen LogP contribution in [0.25, 0.3) is 0 Å². The fraction of sp³-hybridized carbons (Fsp3) is 0.200. The van der Waals surface area contributed by atoms with E-state index in [9.17, 15) is 4.79 Å². The van der Waals surface area contributed by atoms with Gasteiger partial charge in [-0.15, -0.1) is 0 Å². The molecule has 1 amide bonds. The van der Waals surface area contributed by atoms with E-state index >= 15 is 0 Å². The van der Waals surface area contributed by atoms with Gasteiger partial charge in [-0.05, 0) is 17.7 Å².